The van der Waals surface area contributed by atoms with Crippen molar-refractivity contribution in [1.29, 1.82) is 0 Å². The van der Waals surface area contributed by atoms with Gasteiger partial charge in [0.2, 0.25) is 0 Å². The van der Waals surface area contributed by atoms with Crippen molar-refractivity contribution in [1.82, 2.24) is 4.90 Å². The molecule has 1 rings (SSSR count). The highest BCUT2D eigenvalue weighted by Gasteiger charge is 2.42. The van der Waals surface area contributed by atoms with Crippen LogP contribution in [0, 0.1) is 0 Å². The summed E-state index contributed by atoms with van der Waals surface area (Å²) in [6.45, 7) is -0.384. The summed E-state index contributed by atoms with van der Waals surface area (Å²) in [4.78, 5) is 11.8. The van der Waals surface area contributed by atoms with Crippen molar-refractivity contribution in [3.63, 3.8) is 0 Å². The first kappa shape index (κ1) is 12.3. The standard InChI is InChI=1S/C8H12F3NO3/c9-8(10,11)6(13)4-12-3-1-2-5(12)7(14)15/h5-6,13H,1-4H2,(H,14,15). The van der Waals surface area contributed by atoms with E-state index in [4.69, 9.17) is 10.2 Å². The van der Waals surface area contributed by atoms with Crippen LogP contribution in [0.5, 0.6) is 0 Å². The van der Waals surface area contributed by atoms with Crippen molar-refractivity contribution in [3.8, 4) is 0 Å². The summed E-state index contributed by atoms with van der Waals surface area (Å²) in [5, 5.41) is 17.5. The van der Waals surface area contributed by atoms with Gasteiger partial charge in [0.25, 0.3) is 0 Å². The Morgan fingerprint density at radius 3 is 2.60 bits per heavy atom. The third-order valence-electron chi connectivity index (χ3n) is 2.43. The first-order chi connectivity index (χ1) is 6.82. The Morgan fingerprint density at radius 2 is 2.13 bits per heavy atom. The van der Waals surface area contributed by atoms with E-state index in [-0.39, 0.29) is 6.54 Å². The molecule has 15 heavy (non-hydrogen) atoms. The van der Waals surface area contributed by atoms with Gasteiger partial charge >= 0.3 is 12.1 Å². The van der Waals surface area contributed by atoms with Gasteiger partial charge in [0, 0.05) is 6.54 Å². The number of nitrogens with zero attached hydrogens (tertiary/aromatic N) is 1. The number of halogens is 3. The summed E-state index contributed by atoms with van der Waals surface area (Å²) in [6.07, 6.45) is -6.29. The predicted molar refractivity (Wildman–Crippen MR) is 44.3 cm³/mol. The molecule has 2 unspecified atom stereocenters. The number of likely N-dealkylation sites (tertiary alicyclic amines) is 1. The molecule has 1 aliphatic heterocycles. The molecule has 1 fully saturated rings. The summed E-state index contributed by atoms with van der Waals surface area (Å²) >= 11 is 0. The van der Waals surface area contributed by atoms with Gasteiger partial charge in [0.15, 0.2) is 6.10 Å². The van der Waals surface area contributed by atoms with Crippen LogP contribution in [0.2, 0.25) is 0 Å². The van der Waals surface area contributed by atoms with Crippen LogP contribution in [0.15, 0.2) is 0 Å². The Balaban J connectivity index is 2.54. The lowest BCUT2D eigenvalue weighted by atomic mass is 10.2. The summed E-state index contributed by atoms with van der Waals surface area (Å²) in [6, 6.07) is -0.901. The number of carboxylic acid groups (broad SMARTS) is 1. The number of carboxylic acids is 1. The molecule has 0 spiro atoms. The number of hydrogen-bond acceptors (Lipinski definition) is 3. The lowest BCUT2D eigenvalue weighted by Crippen LogP contribution is -2.45. The van der Waals surface area contributed by atoms with Crippen molar-refractivity contribution in [2.45, 2.75) is 31.2 Å². The van der Waals surface area contributed by atoms with Crippen molar-refractivity contribution >= 4 is 5.97 Å². The fourth-order valence-electron chi connectivity index (χ4n) is 1.65. The van der Waals surface area contributed by atoms with Crippen LogP contribution in [0.3, 0.4) is 0 Å². The normalized spacial score (nSPS) is 25.5. The van der Waals surface area contributed by atoms with E-state index in [0.29, 0.717) is 12.8 Å². The van der Waals surface area contributed by atoms with Gasteiger partial charge in [-0.15, -0.1) is 0 Å². The van der Waals surface area contributed by atoms with Gasteiger partial charge in [-0.05, 0) is 19.4 Å². The molecular weight excluding hydrogens is 215 g/mol. The maximum Gasteiger partial charge on any atom is 0.415 e. The van der Waals surface area contributed by atoms with E-state index < -0.39 is 30.8 Å². The highest BCUT2D eigenvalue weighted by atomic mass is 19.4. The monoisotopic (exact) mass is 227 g/mol. The minimum atomic E-state index is -4.69. The minimum absolute atomic E-state index is 0.282. The van der Waals surface area contributed by atoms with Crippen molar-refractivity contribution < 1.29 is 28.2 Å². The minimum Gasteiger partial charge on any atom is -0.480 e. The van der Waals surface area contributed by atoms with Crippen LogP contribution < -0.4 is 0 Å². The molecule has 0 aromatic rings. The van der Waals surface area contributed by atoms with Crippen LogP contribution in [-0.2, 0) is 4.79 Å². The summed E-state index contributed by atoms with van der Waals surface area (Å²) in [5.74, 6) is -1.14. The fraction of sp³-hybridized carbons (Fsp3) is 0.875. The Morgan fingerprint density at radius 1 is 1.53 bits per heavy atom. The number of β-amino-alcohol motifs (C(OH)–C–C–N with tert-alkyl or cyclic N) is 1. The van der Waals surface area contributed by atoms with Crippen LogP contribution in [0.1, 0.15) is 12.8 Å². The summed E-state index contributed by atoms with van der Waals surface area (Å²) in [7, 11) is 0. The molecule has 1 aliphatic rings. The molecule has 7 heteroatoms. The molecule has 4 nitrogen and oxygen atoms in total. The number of aliphatic carboxylic acids is 1. The lowest BCUT2D eigenvalue weighted by Gasteiger charge is -2.24. The molecule has 1 saturated heterocycles. The van der Waals surface area contributed by atoms with Gasteiger partial charge in [-0.25, -0.2) is 0 Å². The van der Waals surface area contributed by atoms with E-state index in [1.54, 1.807) is 0 Å². The van der Waals surface area contributed by atoms with E-state index in [0.717, 1.165) is 4.90 Å². The average Bonchev–Trinajstić information content (AvgIpc) is 2.50. The van der Waals surface area contributed by atoms with Gasteiger partial charge < -0.3 is 10.2 Å². The second-order valence-electron chi connectivity index (χ2n) is 3.55. The van der Waals surface area contributed by atoms with Gasteiger partial charge in [-0.2, -0.15) is 13.2 Å². The second-order valence-corrected chi connectivity index (χ2v) is 3.55. The first-order valence-corrected chi connectivity index (χ1v) is 4.54. The molecule has 88 valence electrons. The number of carbonyl (C=O) groups is 1. The van der Waals surface area contributed by atoms with Crippen molar-refractivity contribution in [3.05, 3.63) is 0 Å². The highest BCUT2D eigenvalue weighted by molar-refractivity contribution is 5.73. The Labute approximate surface area is 84.3 Å². The van der Waals surface area contributed by atoms with Crippen LogP contribution >= 0.6 is 0 Å². The SMILES string of the molecule is O=C(O)C1CCCN1CC(O)C(F)(F)F. The van der Waals surface area contributed by atoms with Gasteiger partial charge in [-0.3, -0.25) is 9.69 Å². The maximum atomic E-state index is 12.0. The summed E-state index contributed by atoms with van der Waals surface area (Å²) in [5.41, 5.74) is 0. The zero-order valence-electron chi connectivity index (χ0n) is 7.87. The Hall–Kier alpha value is -0.820. The lowest BCUT2D eigenvalue weighted by molar-refractivity contribution is -0.209. The van der Waals surface area contributed by atoms with E-state index in [1.165, 1.54) is 0 Å². The van der Waals surface area contributed by atoms with Crippen molar-refractivity contribution in [2.75, 3.05) is 13.1 Å². The second kappa shape index (κ2) is 4.36. The van der Waals surface area contributed by atoms with E-state index in [2.05, 4.69) is 0 Å². The molecule has 2 N–H and O–H groups in total. The number of aliphatic hydroxyl groups excluding tert-OH is 1. The van der Waals surface area contributed by atoms with Gasteiger partial charge in [0.1, 0.15) is 6.04 Å². The number of rotatable bonds is 3. The molecule has 0 amide bonds. The predicted octanol–water partition coefficient (Wildman–Crippen LogP) is 0.459. The van der Waals surface area contributed by atoms with Crippen LogP contribution in [0.25, 0.3) is 0 Å². The third-order valence-corrected chi connectivity index (χ3v) is 2.43. The highest BCUT2D eigenvalue weighted by Crippen LogP contribution is 2.24. The van der Waals surface area contributed by atoms with Gasteiger partial charge in [0.05, 0.1) is 0 Å². The fourth-order valence-corrected chi connectivity index (χ4v) is 1.65. The molecule has 0 aromatic carbocycles. The molecule has 0 bridgehead atoms. The molecule has 1 heterocycles. The maximum absolute atomic E-state index is 12.0. The Kier molecular flexibility index (Phi) is 3.56. The van der Waals surface area contributed by atoms with Crippen LogP contribution in [-0.4, -0.2) is 52.5 Å². The van der Waals surface area contributed by atoms with E-state index in [9.17, 15) is 18.0 Å². The summed E-state index contributed by atoms with van der Waals surface area (Å²) < 4.78 is 36.0. The topological polar surface area (TPSA) is 60.8 Å². The number of hydrogen-bond donors (Lipinski definition) is 2. The molecular formula is C8H12F3NO3. The molecule has 0 aromatic heterocycles. The van der Waals surface area contributed by atoms with E-state index in [1.807, 2.05) is 0 Å². The Bertz CT molecular complexity index is 244. The molecule has 0 radical (unpaired) electrons. The zero-order chi connectivity index (χ0) is 11.6. The van der Waals surface area contributed by atoms with E-state index >= 15 is 0 Å². The zero-order valence-corrected chi connectivity index (χ0v) is 7.87. The number of aliphatic hydroxyl groups is 1. The largest absolute Gasteiger partial charge is 0.480 e. The third kappa shape index (κ3) is 3.07. The molecule has 0 saturated carbocycles. The van der Waals surface area contributed by atoms with Gasteiger partial charge in [-0.1, -0.05) is 0 Å². The molecule has 2 atom stereocenters. The number of alkyl halides is 3. The quantitative estimate of drug-likeness (QED) is 0.735. The first-order valence-electron chi connectivity index (χ1n) is 4.54. The van der Waals surface area contributed by atoms with Crippen LogP contribution in [0.4, 0.5) is 13.2 Å². The molecule has 0 aliphatic carbocycles. The van der Waals surface area contributed by atoms with Crippen molar-refractivity contribution in [2.24, 2.45) is 0 Å². The smallest absolute Gasteiger partial charge is 0.415 e. The average molecular weight is 227 g/mol.